The van der Waals surface area contributed by atoms with Gasteiger partial charge in [0.05, 0.1) is 30.9 Å². The lowest BCUT2D eigenvalue weighted by atomic mass is 9.85. The number of aliphatic hydroxyl groups excluding tert-OH is 1. The number of nitrogens with two attached hydrogens (primary N) is 2. The van der Waals surface area contributed by atoms with Crippen molar-refractivity contribution < 1.29 is 19.2 Å². The highest BCUT2D eigenvalue weighted by atomic mass is 16.5. The van der Waals surface area contributed by atoms with Gasteiger partial charge in [0.15, 0.2) is 5.82 Å². The Morgan fingerprint density at radius 3 is 2.60 bits per heavy atom. The van der Waals surface area contributed by atoms with Gasteiger partial charge in [0, 0.05) is 23.3 Å². The van der Waals surface area contributed by atoms with Crippen molar-refractivity contribution in [2.45, 2.75) is 84.6 Å². The molecule has 2 amide bonds. The number of amidine groups is 1. The minimum Gasteiger partial charge on any atom is -0.483 e. The molecular formula is C37H49N8O3+. The Labute approximate surface area is 283 Å². The molecule has 48 heavy (non-hydrogen) atoms. The van der Waals surface area contributed by atoms with Crippen LogP contribution in [-0.2, 0) is 6.61 Å². The summed E-state index contributed by atoms with van der Waals surface area (Å²) in [6.45, 7) is 8.84. The second kappa shape index (κ2) is 14.9. The Morgan fingerprint density at radius 1 is 1.10 bits per heavy atom. The summed E-state index contributed by atoms with van der Waals surface area (Å²) < 4.78 is 8.24. The number of nitrogens with one attached hydrogen (secondary N) is 3. The molecule has 2 aliphatic rings. The monoisotopic (exact) mass is 653 g/mol. The number of rotatable bonds is 6. The molecule has 0 spiro atoms. The summed E-state index contributed by atoms with van der Waals surface area (Å²) >= 11 is 0. The van der Waals surface area contributed by atoms with E-state index in [1.807, 2.05) is 57.2 Å². The lowest BCUT2D eigenvalue weighted by Crippen LogP contribution is -2.57. The number of urea groups is 1. The first-order valence-corrected chi connectivity index (χ1v) is 16.7. The van der Waals surface area contributed by atoms with Gasteiger partial charge in [-0.1, -0.05) is 57.2 Å². The van der Waals surface area contributed by atoms with Gasteiger partial charge in [0.2, 0.25) is 0 Å². The zero-order valence-corrected chi connectivity index (χ0v) is 28.4. The van der Waals surface area contributed by atoms with E-state index in [9.17, 15) is 9.90 Å². The number of nitrogen functional groups attached to an aromatic ring is 1. The van der Waals surface area contributed by atoms with Crippen molar-refractivity contribution in [2.24, 2.45) is 16.1 Å². The number of pyridine rings is 1. The zero-order valence-electron chi connectivity index (χ0n) is 28.4. The van der Waals surface area contributed by atoms with E-state index in [2.05, 4.69) is 27.4 Å². The normalized spacial score (nSPS) is 20.1. The van der Waals surface area contributed by atoms with Crippen LogP contribution in [0.4, 0.5) is 16.3 Å². The first kappa shape index (κ1) is 34.4. The molecule has 11 heteroatoms. The Balaban J connectivity index is 1.32. The van der Waals surface area contributed by atoms with Gasteiger partial charge >= 0.3 is 12.0 Å². The summed E-state index contributed by atoms with van der Waals surface area (Å²) in [7, 11) is 0. The lowest BCUT2D eigenvalue weighted by molar-refractivity contribution is -0.552. The largest absolute Gasteiger partial charge is 0.483 e. The van der Waals surface area contributed by atoms with Crippen molar-refractivity contribution in [2.75, 3.05) is 12.3 Å². The first-order valence-electron chi connectivity index (χ1n) is 16.7. The average molecular weight is 654 g/mol. The van der Waals surface area contributed by atoms with E-state index in [-0.39, 0.29) is 30.2 Å². The second-order valence-electron chi connectivity index (χ2n) is 13.7. The van der Waals surface area contributed by atoms with Crippen LogP contribution in [0, 0.1) is 10.8 Å². The van der Waals surface area contributed by atoms with Crippen LogP contribution in [0.1, 0.15) is 88.6 Å². The zero-order chi connectivity index (χ0) is 34.4. The number of hydrogen-bond acceptors (Lipinski definition) is 7. The molecule has 1 aromatic heterocycles. The molecule has 8 N–H and O–H groups in total. The van der Waals surface area contributed by atoms with Crippen LogP contribution >= 0.6 is 0 Å². The fourth-order valence-corrected chi connectivity index (χ4v) is 6.12. The highest BCUT2D eigenvalue weighted by molar-refractivity contribution is 6.05. The van der Waals surface area contributed by atoms with Crippen LogP contribution in [0.15, 0.2) is 83.6 Å². The van der Waals surface area contributed by atoms with Gasteiger partial charge in [-0.3, -0.25) is 10.2 Å². The molecule has 1 fully saturated rings. The highest BCUT2D eigenvalue weighted by Gasteiger charge is 2.31. The van der Waals surface area contributed by atoms with Crippen molar-refractivity contribution in [3.63, 3.8) is 0 Å². The molecule has 3 aromatic rings. The van der Waals surface area contributed by atoms with Gasteiger partial charge in [-0.25, -0.2) is 9.79 Å². The maximum absolute atomic E-state index is 13.5. The van der Waals surface area contributed by atoms with E-state index in [0.717, 1.165) is 30.5 Å². The van der Waals surface area contributed by atoms with Crippen LogP contribution in [-0.4, -0.2) is 40.4 Å². The number of carbonyl (C=O) groups excluding carboxylic acids is 1. The predicted molar refractivity (Wildman–Crippen MR) is 189 cm³/mol. The van der Waals surface area contributed by atoms with E-state index in [4.69, 9.17) is 21.6 Å². The van der Waals surface area contributed by atoms with Crippen LogP contribution in [0.2, 0.25) is 0 Å². The minimum atomic E-state index is -0.408. The molecule has 0 unspecified atom stereocenters. The molecule has 0 radical (unpaired) electrons. The number of carbonyl (C=O) groups is 1. The molecule has 0 saturated carbocycles. The van der Waals surface area contributed by atoms with Crippen LogP contribution in [0.25, 0.3) is 0 Å². The third kappa shape index (κ3) is 8.32. The third-order valence-electron chi connectivity index (χ3n) is 9.02. The van der Waals surface area contributed by atoms with Gasteiger partial charge < -0.3 is 26.6 Å². The lowest BCUT2D eigenvalue weighted by Gasteiger charge is -2.33. The Bertz CT molecular complexity index is 1700. The van der Waals surface area contributed by atoms with E-state index < -0.39 is 6.03 Å². The molecule has 3 atom stereocenters. The van der Waals surface area contributed by atoms with Crippen molar-refractivity contribution in [3.05, 3.63) is 95.3 Å². The summed E-state index contributed by atoms with van der Waals surface area (Å²) in [5.41, 5.74) is 16.2. The Hall–Kier alpha value is -4.90. The summed E-state index contributed by atoms with van der Waals surface area (Å²) in [6, 6.07) is 18.4. The fourth-order valence-electron chi connectivity index (χ4n) is 6.12. The van der Waals surface area contributed by atoms with Gasteiger partial charge in [0.25, 0.3) is 0 Å². The van der Waals surface area contributed by atoms with Crippen LogP contribution in [0.5, 0.6) is 5.75 Å². The summed E-state index contributed by atoms with van der Waals surface area (Å²) in [4.78, 5) is 20.2. The standard InChI is InChI=1S/C37H48N8O3/c1-24-10-7-8-19-44(24)35(40)45-22-27(15-18-33(45)39)48-31-17-16-30(28-13-5-6-14-29(28)31)42-36(47)43-34(21-32(38)37(2,3)4)41-26-12-9-11-25(20-26)23-46/h5-6,9,11-15,18,20-22,24,30-31,39-40,46H,7-8,10,16-17,19,23H2,1-4H3,(H4,38,41,42,43,47)/p+1/t24-,30-,31+/m0/s1. The van der Waals surface area contributed by atoms with Gasteiger partial charge in [-0.2, -0.15) is 9.98 Å². The molecule has 0 bridgehead atoms. The highest BCUT2D eigenvalue weighted by Crippen LogP contribution is 2.38. The number of aromatic nitrogens is 1. The molecule has 254 valence electrons. The number of likely N-dealkylation sites (tertiary alicyclic amines) is 1. The number of benzene rings is 2. The van der Waals surface area contributed by atoms with Crippen LogP contribution < -0.4 is 31.4 Å². The molecule has 2 heterocycles. The SMILES string of the molecule is C[C@H]1CCCCN1C(=N)[n+]1cc(O[C@@H]2CC[C@H](NC(=O)NC(/C=C(\N)C(C)(C)C)=Nc3cccc(CO)c3)c3ccccc32)ccc1N. The number of ether oxygens (including phenoxy) is 1. The maximum atomic E-state index is 13.5. The van der Waals surface area contributed by atoms with E-state index >= 15 is 0 Å². The molecule has 11 nitrogen and oxygen atoms in total. The number of aliphatic hydroxyl groups is 1. The predicted octanol–water partition coefficient (Wildman–Crippen LogP) is 5.58. The fraction of sp³-hybridized carbons (Fsp3) is 0.405. The van der Waals surface area contributed by atoms with E-state index in [1.165, 1.54) is 6.42 Å². The molecule has 5 rings (SSSR count). The first-order chi connectivity index (χ1) is 22.9. The van der Waals surface area contributed by atoms with Gasteiger partial charge in [-0.05, 0) is 73.9 Å². The van der Waals surface area contributed by atoms with Gasteiger partial charge in [-0.15, -0.1) is 0 Å². The molecule has 1 aliphatic carbocycles. The number of fused-ring (bicyclic) bond motifs is 1. The van der Waals surface area contributed by atoms with Crippen molar-refractivity contribution in [1.29, 1.82) is 5.41 Å². The number of allylic oxidation sites excluding steroid dienone is 1. The summed E-state index contributed by atoms with van der Waals surface area (Å²) in [5.74, 6) is 1.75. The number of anilines is 1. The minimum absolute atomic E-state index is 0.113. The Morgan fingerprint density at radius 2 is 1.88 bits per heavy atom. The quantitative estimate of drug-likeness (QED) is 0.115. The number of nitrogens with zero attached hydrogens (tertiary/aromatic N) is 3. The van der Waals surface area contributed by atoms with E-state index in [1.54, 1.807) is 41.1 Å². The number of piperidine rings is 1. The molecule has 1 aliphatic heterocycles. The maximum Gasteiger partial charge on any atom is 0.346 e. The number of hydrogen-bond donors (Lipinski definition) is 6. The van der Waals surface area contributed by atoms with Crippen LogP contribution in [0.3, 0.4) is 0 Å². The smallest absolute Gasteiger partial charge is 0.346 e. The van der Waals surface area contributed by atoms with Crippen molar-refractivity contribution in [3.8, 4) is 5.75 Å². The summed E-state index contributed by atoms with van der Waals surface area (Å²) in [6.07, 6.45) is 7.83. The van der Waals surface area contributed by atoms with Crippen molar-refractivity contribution >= 4 is 29.3 Å². The topological polar surface area (TPSA) is 166 Å². The Kier molecular flexibility index (Phi) is 10.7. The van der Waals surface area contributed by atoms with Crippen molar-refractivity contribution in [1.82, 2.24) is 15.5 Å². The molecular weight excluding hydrogens is 604 g/mol. The number of aliphatic imine (C=N–C) groups is 1. The third-order valence-corrected chi connectivity index (χ3v) is 9.02. The van der Waals surface area contributed by atoms with E-state index in [0.29, 0.717) is 53.2 Å². The average Bonchev–Trinajstić information content (AvgIpc) is 3.06. The summed E-state index contributed by atoms with van der Waals surface area (Å²) in [5, 5.41) is 24.5. The second-order valence-corrected chi connectivity index (χ2v) is 13.7. The number of amides is 2. The molecule has 2 aromatic carbocycles. The molecule has 1 saturated heterocycles. The van der Waals surface area contributed by atoms with Gasteiger partial charge in [0.1, 0.15) is 23.9 Å².